The number of nitrogens with one attached hydrogen (secondary N) is 1. The van der Waals surface area contributed by atoms with Gasteiger partial charge in [0.1, 0.15) is 0 Å². The topological polar surface area (TPSA) is 32.3 Å². The van der Waals surface area contributed by atoms with Gasteiger partial charge in [-0.25, -0.2) is 0 Å². The first-order chi connectivity index (χ1) is 9.49. The second-order valence-corrected chi connectivity index (χ2v) is 7.04. The monoisotopic (exact) mass is 292 g/mol. The van der Waals surface area contributed by atoms with Crippen molar-refractivity contribution >= 4 is 17.7 Å². The smallest absolute Gasteiger partial charge is 0.239 e. The van der Waals surface area contributed by atoms with E-state index in [1.54, 1.807) is 4.90 Å². The molecule has 20 heavy (non-hydrogen) atoms. The highest BCUT2D eigenvalue weighted by Crippen LogP contribution is 2.38. The van der Waals surface area contributed by atoms with Crippen LogP contribution in [0.5, 0.6) is 0 Å². The van der Waals surface area contributed by atoms with Crippen molar-refractivity contribution in [3.05, 3.63) is 29.8 Å². The van der Waals surface area contributed by atoms with Gasteiger partial charge >= 0.3 is 0 Å². The van der Waals surface area contributed by atoms with Crippen molar-refractivity contribution in [1.29, 1.82) is 0 Å². The van der Waals surface area contributed by atoms with Crippen LogP contribution in [0.3, 0.4) is 0 Å². The summed E-state index contributed by atoms with van der Waals surface area (Å²) >= 11 is 1.87. The summed E-state index contributed by atoms with van der Waals surface area (Å²) in [6.45, 7) is 4.32. The molecule has 0 saturated carbocycles. The van der Waals surface area contributed by atoms with Crippen LogP contribution in [0.15, 0.2) is 29.2 Å². The number of amides is 1. The number of nitrogens with zero attached hydrogens (tertiary/aromatic N) is 1. The molecule has 2 atom stereocenters. The van der Waals surface area contributed by atoms with Gasteiger partial charge in [0.05, 0.1) is 6.04 Å². The number of carbonyl (C=O) groups excluding carboxylic acids is 1. The highest BCUT2D eigenvalue weighted by molar-refractivity contribution is 7.99. The van der Waals surface area contributed by atoms with Crippen LogP contribution in [-0.2, 0) is 4.79 Å². The second-order valence-electron chi connectivity index (χ2n) is 5.98. The molecule has 1 aromatic rings. The largest absolute Gasteiger partial charge is 0.347 e. The minimum Gasteiger partial charge on any atom is -0.347 e. The third-order valence-corrected chi connectivity index (χ3v) is 4.73. The lowest BCUT2D eigenvalue weighted by Gasteiger charge is -2.26. The fraction of sp³-hybridized carbons (Fsp3) is 0.562. The molecule has 1 heterocycles. The Bertz CT molecular complexity index is 473. The maximum absolute atomic E-state index is 12.3. The van der Waals surface area contributed by atoms with Gasteiger partial charge in [-0.1, -0.05) is 32.0 Å². The van der Waals surface area contributed by atoms with Crippen LogP contribution in [0.2, 0.25) is 0 Å². The van der Waals surface area contributed by atoms with Crippen molar-refractivity contribution < 1.29 is 4.79 Å². The van der Waals surface area contributed by atoms with E-state index in [4.69, 9.17) is 0 Å². The van der Waals surface area contributed by atoms with Gasteiger partial charge in [-0.15, -0.1) is 11.8 Å². The zero-order chi connectivity index (χ0) is 14.7. The van der Waals surface area contributed by atoms with Crippen molar-refractivity contribution in [2.45, 2.75) is 37.2 Å². The first-order valence-electron chi connectivity index (χ1n) is 7.18. The standard InChI is InChI=1S/C16H24N2OS/c1-11(2)9-13(16(19)18(3)4)17-14-10-20-15-8-6-5-7-12(14)15/h5-8,11,13-14,17H,9-10H2,1-4H3. The highest BCUT2D eigenvalue weighted by Gasteiger charge is 2.29. The van der Waals surface area contributed by atoms with Gasteiger partial charge in [0.25, 0.3) is 0 Å². The summed E-state index contributed by atoms with van der Waals surface area (Å²) in [4.78, 5) is 15.4. The molecule has 0 aromatic heterocycles. The van der Waals surface area contributed by atoms with Crippen LogP contribution in [0.1, 0.15) is 31.9 Å². The molecule has 2 unspecified atom stereocenters. The molecule has 2 rings (SSSR count). The predicted octanol–water partition coefficient (Wildman–Crippen LogP) is 2.93. The maximum Gasteiger partial charge on any atom is 0.239 e. The van der Waals surface area contributed by atoms with E-state index in [-0.39, 0.29) is 18.0 Å². The highest BCUT2D eigenvalue weighted by atomic mass is 32.2. The average Bonchev–Trinajstić information content (AvgIpc) is 2.80. The van der Waals surface area contributed by atoms with Crippen molar-refractivity contribution in [2.24, 2.45) is 5.92 Å². The summed E-state index contributed by atoms with van der Waals surface area (Å²) in [5.41, 5.74) is 1.33. The molecule has 1 aromatic carbocycles. The molecule has 0 radical (unpaired) electrons. The summed E-state index contributed by atoms with van der Waals surface area (Å²) in [6, 6.07) is 8.66. The molecule has 1 amide bonds. The second kappa shape index (κ2) is 6.64. The van der Waals surface area contributed by atoms with Crippen LogP contribution in [0, 0.1) is 5.92 Å². The molecule has 1 aliphatic heterocycles. The van der Waals surface area contributed by atoms with Crippen molar-refractivity contribution in [3.63, 3.8) is 0 Å². The Kier molecular flexibility index (Phi) is 5.11. The van der Waals surface area contributed by atoms with Crippen molar-refractivity contribution in [2.75, 3.05) is 19.8 Å². The molecular weight excluding hydrogens is 268 g/mol. The number of benzene rings is 1. The fourth-order valence-electron chi connectivity index (χ4n) is 2.57. The van der Waals surface area contributed by atoms with Crippen molar-refractivity contribution in [1.82, 2.24) is 10.2 Å². The first kappa shape index (κ1) is 15.4. The Morgan fingerprint density at radius 1 is 1.40 bits per heavy atom. The fourth-order valence-corrected chi connectivity index (χ4v) is 3.74. The molecule has 1 N–H and O–H groups in total. The Morgan fingerprint density at radius 2 is 2.10 bits per heavy atom. The molecule has 0 spiro atoms. The lowest BCUT2D eigenvalue weighted by Crippen LogP contribution is -2.45. The van der Waals surface area contributed by atoms with E-state index in [1.807, 2.05) is 25.9 Å². The van der Waals surface area contributed by atoms with E-state index < -0.39 is 0 Å². The van der Waals surface area contributed by atoms with Crippen LogP contribution < -0.4 is 5.32 Å². The molecule has 3 nitrogen and oxygen atoms in total. The van der Waals surface area contributed by atoms with Crippen LogP contribution >= 0.6 is 11.8 Å². The van der Waals surface area contributed by atoms with E-state index in [0.29, 0.717) is 5.92 Å². The van der Waals surface area contributed by atoms with Crippen LogP contribution in [0.25, 0.3) is 0 Å². The summed E-state index contributed by atoms with van der Waals surface area (Å²) in [5.74, 6) is 1.68. The minimum atomic E-state index is -0.0956. The first-order valence-corrected chi connectivity index (χ1v) is 8.16. The maximum atomic E-state index is 12.3. The third kappa shape index (κ3) is 3.55. The normalized spacial score (nSPS) is 18.9. The Labute approximate surface area is 126 Å². The molecule has 0 bridgehead atoms. The molecular formula is C16H24N2OS. The quantitative estimate of drug-likeness (QED) is 0.905. The van der Waals surface area contributed by atoms with Crippen LogP contribution in [-0.4, -0.2) is 36.7 Å². The minimum absolute atomic E-state index is 0.0956. The third-order valence-electron chi connectivity index (χ3n) is 3.55. The van der Waals surface area contributed by atoms with Gasteiger partial charge in [-0.3, -0.25) is 10.1 Å². The van der Waals surface area contributed by atoms with E-state index in [9.17, 15) is 4.79 Å². The Morgan fingerprint density at radius 3 is 2.75 bits per heavy atom. The molecule has 110 valence electrons. The molecule has 0 aliphatic carbocycles. The van der Waals surface area contributed by atoms with E-state index >= 15 is 0 Å². The van der Waals surface area contributed by atoms with Gasteiger partial charge < -0.3 is 4.90 Å². The summed E-state index contributed by atoms with van der Waals surface area (Å²) in [7, 11) is 3.66. The average molecular weight is 292 g/mol. The summed E-state index contributed by atoms with van der Waals surface area (Å²) < 4.78 is 0. The van der Waals surface area contributed by atoms with Gasteiger partial charge in [0.2, 0.25) is 5.91 Å². The van der Waals surface area contributed by atoms with E-state index in [1.165, 1.54) is 10.5 Å². The molecule has 1 aliphatic rings. The van der Waals surface area contributed by atoms with E-state index in [0.717, 1.165) is 12.2 Å². The molecule has 4 heteroatoms. The van der Waals surface area contributed by atoms with Gasteiger partial charge in [-0.05, 0) is 24.0 Å². The predicted molar refractivity (Wildman–Crippen MR) is 85.0 cm³/mol. The Balaban J connectivity index is 2.11. The summed E-state index contributed by atoms with van der Waals surface area (Å²) in [5, 5.41) is 3.57. The van der Waals surface area contributed by atoms with Gasteiger partial charge in [0.15, 0.2) is 0 Å². The number of thioether (sulfide) groups is 1. The van der Waals surface area contributed by atoms with Gasteiger partial charge in [0, 0.05) is 30.8 Å². The number of rotatable bonds is 5. The number of fused-ring (bicyclic) bond motifs is 1. The molecule has 0 saturated heterocycles. The van der Waals surface area contributed by atoms with Crippen molar-refractivity contribution in [3.8, 4) is 0 Å². The Hall–Kier alpha value is -1.00. The number of hydrogen-bond donors (Lipinski definition) is 1. The number of likely N-dealkylation sites (N-methyl/N-ethyl adjacent to an activating group) is 1. The van der Waals surface area contributed by atoms with Gasteiger partial charge in [-0.2, -0.15) is 0 Å². The zero-order valence-corrected chi connectivity index (χ0v) is 13.5. The lowest BCUT2D eigenvalue weighted by atomic mass is 10.0. The summed E-state index contributed by atoms with van der Waals surface area (Å²) in [6.07, 6.45) is 0.875. The number of carbonyl (C=O) groups is 1. The molecule has 0 fully saturated rings. The lowest BCUT2D eigenvalue weighted by molar-refractivity contribution is -0.131. The van der Waals surface area contributed by atoms with Crippen LogP contribution in [0.4, 0.5) is 0 Å². The number of hydrogen-bond acceptors (Lipinski definition) is 3. The zero-order valence-electron chi connectivity index (χ0n) is 12.7. The SMILES string of the molecule is CC(C)CC(NC1CSc2ccccc21)C(=O)N(C)C. The van der Waals surface area contributed by atoms with E-state index in [2.05, 4.69) is 43.4 Å².